The van der Waals surface area contributed by atoms with Crippen LogP contribution >= 0.6 is 11.6 Å². The fourth-order valence-corrected chi connectivity index (χ4v) is 16.1. The lowest BCUT2D eigenvalue weighted by Gasteiger charge is -2.46. The van der Waals surface area contributed by atoms with Gasteiger partial charge in [0, 0.05) is 53.6 Å². The molecule has 0 saturated carbocycles. The van der Waals surface area contributed by atoms with E-state index in [1.54, 1.807) is 34.6 Å². The topological polar surface area (TPSA) is 649 Å². The minimum Gasteiger partial charge on any atom is -0.508 e. The van der Waals surface area contributed by atoms with Crippen molar-refractivity contribution in [1.29, 1.82) is 0 Å². The van der Waals surface area contributed by atoms with Gasteiger partial charge in [0.1, 0.15) is 89.5 Å². The molecule has 0 aromatic heterocycles. The lowest BCUT2D eigenvalue weighted by atomic mass is 9.85. The highest BCUT2D eigenvalue weighted by molar-refractivity contribution is 6.32. The summed E-state index contributed by atoms with van der Waals surface area (Å²) >= 11 is 6.78. The van der Waals surface area contributed by atoms with Crippen molar-refractivity contribution < 1.29 is 138 Å². The molecule has 6 aliphatic heterocycles. The number of aryl methyl sites for hydroxylation is 1. The number of carbonyl (C=O) groups is 9. The Kier molecular flexibility index (Phi) is 32.6. The maximum atomic E-state index is 14.2. The van der Waals surface area contributed by atoms with Crippen LogP contribution in [0, 0.1) is 17.8 Å². The molecular weight excluding hydrogens is 1680 g/mol. The van der Waals surface area contributed by atoms with E-state index in [4.69, 9.17) is 67.7 Å². The van der Waals surface area contributed by atoms with Gasteiger partial charge in [0.15, 0.2) is 30.1 Å². The number of nitrogens with two attached hydrogens (primary N) is 4. The average molecular weight is 1800 g/mol. The van der Waals surface area contributed by atoms with Crippen LogP contribution in [-0.4, -0.2) is 225 Å². The highest BCUT2D eigenvalue weighted by atomic mass is 35.5. The van der Waals surface area contributed by atoms with Crippen LogP contribution in [0.2, 0.25) is 5.02 Å². The van der Waals surface area contributed by atoms with E-state index in [1.165, 1.54) is 66.2 Å². The van der Waals surface area contributed by atoms with Crippen LogP contribution in [0.4, 0.5) is 0 Å². The molecule has 6 aromatic carbocycles. The zero-order valence-corrected chi connectivity index (χ0v) is 71.6. The molecule has 6 heterocycles. The molecule has 6 bridgehead atoms. The summed E-state index contributed by atoms with van der Waals surface area (Å²) in [5, 5.41) is 148. The summed E-state index contributed by atoms with van der Waals surface area (Å²) in [6.45, 7) is 12.9. The fraction of sp³-hybridized carbons (Fsp3) is 0.483. The number of aliphatic hydroxyl groups excluding tert-OH is 6. The van der Waals surface area contributed by atoms with Gasteiger partial charge in [-0.2, -0.15) is 0 Å². The molecule has 0 radical (unpaired) electrons. The summed E-state index contributed by atoms with van der Waals surface area (Å²) in [6.07, 6.45) is -13.6. The van der Waals surface area contributed by atoms with Crippen LogP contribution in [0.3, 0.4) is 0 Å². The van der Waals surface area contributed by atoms with Gasteiger partial charge in [0.25, 0.3) is 0 Å². The number of ether oxygens (including phenoxy) is 7. The number of halogens is 1. The third-order valence-corrected chi connectivity index (χ3v) is 23.0. The second kappa shape index (κ2) is 42.2. The van der Waals surface area contributed by atoms with Crippen molar-refractivity contribution in [3.63, 3.8) is 0 Å². The summed E-state index contributed by atoms with van der Waals surface area (Å²) in [7, 11) is 0. The highest BCUT2D eigenvalue weighted by Crippen LogP contribution is 2.48. The predicted molar refractivity (Wildman–Crippen MR) is 451 cm³/mol. The van der Waals surface area contributed by atoms with Gasteiger partial charge in [-0.05, 0) is 141 Å². The summed E-state index contributed by atoms with van der Waals surface area (Å²) < 4.78 is 42.8. The highest BCUT2D eigenvalue weighted by Gasteiger charge is 2.51. The summed E-state index contributed by atoms with van der Waals surface area (Å²) in [5.74, 6) is -14.9. The third kappa shape index (κ3) is 24.0. The molecule has 690 valence electrons. The Morgan fingerprint density at radius 1 is 0.685 bits per heavy atom. The van der Waals surface area contributed by atoms with E-state index in [9.17, 15) is 104 Å². The van der Waals surface area contributed by atoms with Crippen LogP contribution in [0.5, 0.6) is 46.0 Å². The molecule has 3 saturated heterocycles. The van der Waals surface area contributed by atoms with Crippen molar-refractivity contribution in [3.05, 3.63) is 153 Å². The minimum atomic E-state index is -1.94. The first-order valence-corrected chi connectivity index (χ1v) is 41.7. The smallest absolute Gasteiger partial charge is 0.330 e. The van der Waals surface area contributed by atoms with Crippen molar-refractivity contribution in [3.8, 4) is 57.1 Å². The Morgan fingerprint density at radius 2 is 1.35 bits per heavy atom. The molecule has 22 atom stereocenters. The number of amides is 8. The average Bonchev–Trinajstić information content (AvgIpc) is 0.751. The molecule has 3 fully saturated rings. The van der Waals surface area contributed by atoms with Gasteiger partial charge in [-0.25, -0.2) is 4.79 Å². The molecule has 6 aliphatic rings. The first-order chi connectivity index (χ1) is 59.9. The zero-order valence-electron chi connectivity index (χ0n) is 70.9. The number of primary amides is 2. The van der Waals surface area contributed by atoms with Gasteiger partial charge in [0.2, 0.25) is 59.3 Å². The normalized spacial score (nSPS) is 28.5. The molecule has 12 rings (SSSR count). The largest absolute Gasteiger partial charge is 0.508 e. The maximum Gasteiger partial charge on any atom is 0.330 e. The van der Waals surface area contributed by atoms with E-state index < -0.39 is 240 Å². The van der Waals surface area contributed by atoms with E-state index in [0.717, 1.165) is 49.1 Å². The van der Waals surface area contributed by atoms with Crippen molar-refractivity contribution in [1.82, 2.24) is 37.2 Å². The summed E-state index contributed by atoms with van der Waals surface area (Å²) in [5.41, 5.74) is 23.1. The Hall–Kier alpha value is -11.1. The number of fused-ring (bicyclic) bond motifs is 13. The van der Waals surface area contributed by atoms with Crippen LogP contribution in [0.15, 0.2) is 109 Å². The van der Waals surface area contributed by atoms with Crippen LogP contribution in [0.25, 0.3) is 11.1 Å². The second-order valence-corrected chi connectivity index (χ2v) is 33.9. The number of aromatic hydroxyl groups is 5. The number of phenolic OH excluding ortho intramolecular Hbond substituents is 5. The quantitative estimate of drug-likeness (QED) is 0.0369. The fourth-order valence-electron chi connectivity index (χ4n) is 15.8. The Labute approximate surface area is 735 Å². The van der Waals surface area contributed by atoms with Gasteiger partial charge in [-0.1, -0.05) is 94.2 Å². The number of carboxylic acid groups (broad SMARTS) is 1. The predicted octanol–water partition coefficient (Wildman–Crippen LogP) is 1.90. The first kappa shape index (κ1) is 98.1. The zero-order chi connectivity index (χ0) is 93.1. The van der Waals surface area contributed by atoms with Gasteiger partial charge in [0.05, 0.1) is 67.1 Å². The summed E-state index contributed by atoms with van der Waals surface area (Å²) in [6, 6.07) is 14.6. The van der Waals surface area contributed by atoms with Crippen LogP contribution < -0.4 is 69.6 Å². The molecule has 0 spiro atoms. The molecule has 40 heteroatoms. The standard InChI is InChI=1S/C55H76ClN7O17.C32H36N4O11/c1-7-8-9-29-10-12-30(13-11-29)22-59-23-41(67)63-55(6)21-42(77-28(5)49(55)71)76-25-33-46(69)47(70)39(24-64)79-54(33)80-48-36(65)18-32-19-38(48)78-37-15-14-31(17-34(37)56)45(68)44(62-51(73)27(4)16-26(2)3)53(75)60-35(20-40(57)66)52(74)61-43(32)50(58)72;1-13-28(41)32(2,34)12-22(46-13)47-27(14-3-6-16(37)7-4-14)26-30(43)35-25(31(44)45)19-10-17(38)11-21(40)23(19)18-9-15(5-8-20(18)39)24(33)29(42)36-26/h10-15,17-19,26-28,33,35,39,42-47,49,54,59,64-65,68-71H,7-9,16,20-25H2,1-6H3,(H2,57,66)(H2,58,72)(H,60,75)(H,61,74)(H,62,73)(H,63,67);3-11,13,22,24-28,37-41H,12,33-34H2,1-2H3,(H,35,43)(H,36,42)(H,44,45)/t27-,28?,33?,35+,39?,42?,43-,44-,45-,46?,47?,49?,54?,55?;13?,22?,24-,25+,26-,27-,28?,32?/m11/s1. The molecule has 8 amide bonds. The Morgan fingerprint density at radius 3 is 1.98 bits per heavy atom. The van der Waals surface area contributed by atoms with Crippen molar-refractivity contribution >= 4 is 64.8 Å². The molecule has 0 aliphatic carbocycles. The number of rotatable bonds is 26. The number of unbranched alkanes of at least 4 members (excludes halogenated alkanes) is 1. The first-order valence-electron chi connectivity index (χ1n) is 41.3. The second-order valence-electron chi connectivity index (χ2n) is 33.5. The number of benzene rings is 6. The Balaban J connectivity index is 0.000000302. The van der Waals surface area contributed by atoms with E-state index in [2.05, 4.69) is 56.3 Å². The SMILES string of the molecule is CC1OC(O[C@H](c2ccc(O)cc2)[C@H]2NC(=O)[C@H](N)c3ccc(O)c(c3)-c3c(O)cc(O)cc3[C@@H](C(=O)O)NC2=O)CC(C)(N)C1O.CCCCc1ccc(CNCC(=O)NC2(C)CC(OCC3C(Oc4c(O)cc5cc4Oc4ccc(cc4Cl)[C@@H](O)[C@@H](NC(=O)[C@H](C)CC(C)C)C(=O)N[C@@H](CC(N)=O)C(=O)N[C@H]5C(N)=O)OC(CO)C(O)C3O)OC(C)C2O)cc1. The number of aliphatic carboxylic acids is 1. The van der Waals surface area contributed by atoms with Gasteiger partial charge in [-0.3, -0.25) is 38.4 Å². The lowest BCUT2D eigenvalue weighted by molar-refractivity contribution is -0.289. The lowest BCUT2D eigenvalue weighted by Crippen LogP contribution is -2.65. The van der Waals surface area contributed by atoms with Crippen LogP contribution in [-0.2, 0) is 79.8 Å². The Bertz CT molecular complexity index is 4960. The van der Waals surface area contributed by atoms with E-state index in [-0.39, 0.29) is 80.8 Å². The van der Waals surface area contributed by atoms with Crippen molar-refractivity contribution in [2.24, 2.45) is 40.7 Å². The van der Waals surface area contributed by atoms with Gasteiger partial charge in [-0.15, -0.1) is 0 Å². The van der Waals surface area contributed by atoms with Gasteiger partial charge < -0.3 is 155 Å². The van der Waals surface area contributed by atoms with Gasteiger partial charge >= 0.3 is 5.97 Å². The third-order valence-electron chi connectivity index (χ3n) is 22.7. The molecule has 127 heavy (non-hydrogen) atoms. The number of carbonyl (C=O) groups excluding carboxylic acids is 8. The monoisotopic (exact) mass is 1790 g/mol. The number of nitrogens with one attached hydrogen (secondary N) is 7. The van der Waals surface area contributed by atoms with Crippen molar-refractivity contribution in [2.45, 2.75) is 228 Å². The van der Waals surface area contributed by atoms with E-state index in [0.29, 0.717) is 13.0 Å². The molecule has 13 unspecified atom stereocenters. The number of aliphatic hydroxyl groups is 6. The molecular formula is C87H112ClN11O28. The molecule has 39 nitrogen and oxygen atoms in total. The molecule has 6 aromatic rings. The number of phenols is 5. The van der Waals surface area contributed by atoms with E-state index in [1.807, 2.05) is 26.0 Å². The number of carboxylic acids is 1. The number of hydrogen-bond donors (Lipinski definition) is 23. The van der Waals surface area contributed by atoms with Crippen molar-refractivity contribution in [2.75, 3.05) is 19.8 Å². The summed E-state index contributed by atoms with van der Waals surface area (Å²) in [4.78, 5) is 121. The van der Waals surface area contributed by atoms with E-state index >= 15 is 0 Å². The maximum absolute atomic E-state index is 14.2. The minimum absolute atomic E-state index is 0.0365. The molecule has 27 N–H and O–H groups in total. The number of hydrogen-bond acceptors (Lipinski definition) is 30. The van der Waals surface area contributed by atoms with Crippen LogP contribution in [0.1, 0.15) is 163 Å².